The fourth-order valence-corrected chi connectivity index (χ4v) is 1.97. The van der Waals surface area contributed by atoms with Gasteiger partial charge in [0.15, 0.2) is 0 Å². The molecule has 5 heteroatoms. The lowest BCUT2D eigenvalue weighted by molar-refractivity contribution is 0.0914. The number of hydrogen-bond donors (Lipinski definition) is 1. The van der Waals surface area contributed by atoms with Crippen molar-refractivity contribution in [3.05, 3.63) is 35.9 Å². The zero-order chi connectivity index (χ0) is 13.8. The monoisotopic (exact) mass is 262 g/mol. The Balaban J connectivity index is 1.84. The number of cyclic esters (lactones) is 1. The second kappa shape index (κ2) is 5.73. The third-order valence-corrected chi connectivity index (χ3v) is 3.05. The predicted octanol–water partition coefficient (Wildman–Crippen LogP) is 1.65. The summed E-state index contributed by atoms with van der Waals surface area (Å²) in [4.78, 5) is 25.0. The van der Waals surface area contributed by atoms with E-state index in [2.05, 4.69) is 5.32 Å². The molecule has 0 aliphatic carbocycles. The van der Waals surface area contributed by atoms with Gasteiger partial charge in [0.05, 0.1) is 13.1 Å². The molecule has 2 rings (SSSR count). The minimum absolute atomic E-state index is 0.113. The second-order valence-electron chi connectivity index (χ2n) is 4.83. The average Bonchev–Trinajstić information content (AvgIpc) is 2.78. The number of rotatable bonds is 4. The molecule has 1 aliphatic rings. The average molecular weight is 262 g/mol. The molecule has 1 aromatic carbocycles. The van der Waals surface area contributed by atoms with E-state index in [4.69, 9.17) is 4.74 Å². The van der Waals surface area contributed by atoms with E-state index in [-0.39, 0.29) is 24.1 Å². The molecular formula is C14H18N2O3. The number of nitrogens with one attached hydrogen (secondary N) is 1. The van der Waals surface area contributed by atoms with Crippen molar-refractivity contribution in [2.24, 2.45) is 0 Å². The van der Waals surface area contributed by atoms with Crippen LogP contribution >= 0.6 is 0 Å². The normalized spacial score (nSPS) is 18.6. The molecule has 1 atom stereocenters. The number of hydrogen-bond acceptors (Lipinski definition) is 3. The molecule has 0 spiro atoms. The van der Waals surface area contributed by atoms with E-state index < -0.39 is 0 Å². The van der Waals surface area contributed by atoms with Crippen LogP contribution in [0.15, 0.2) is 30.3 Å². The Morgan fingerprint density at radius 2 is 2.11 bits per heavy atom. The maximum atomic E-state index is 11.8. The van der Waals surface area contributed by atoms with E-state index >= 15 is 0 Å². The van der Waals surface area contributed by atoms with Gasteiger partial charge in [0.1, 0.15) is 6.10 Å². The molecule has 1 heterocycles. The smallest absolute Gasteiger partial charge is 0.410 e. The van der Waals surface area contributed by atoms with Gasteiger partial charge in [-0.05, 0) is 26.0 Å². The Morgan fingerprint density at radius 1 is 1.42 bits per heavy atom. The molecule has 1 fully saturated rings. The minimum Gasteiger partial charge on any atom is -0.442 e. The van der Waals surface area contributed by atoms with Crippen LogP contribution in [0.3, 0.4) is 0 Å². The van der Waals surface area contributed by atoms with Crippen LogP contribution in [0, 0.1) is 0 Å². The van der Waals surface area contributed by atoms with Gasteiger partial charge < -0.3 is 15.0 Å². The van der Waals surface area contributed by atoms with Crippen LogP contribution in [-0.2, 0) is 4.74 Å². The first-order chi connectivity index (χ1) is 9.08. The summed E-state index contributed by atoms with van der Waals surface area (Å²) in [6, 6.07) is 9.08. The highest BCUT2D eigenvalue weighted by atomic mass is 16.6. The van der Waals surface area contributed by atoms with E-state index in [1.54, 1.807) is 17.0 Å². The molecule has 102 valence electrons. The molecule has 1 saturated heterocycles. The fourth-order valence-electron chi connectivity index (χ4n) is 1.97. The van der Waals surface area contributed by atoms with E-state index in [0.29, 0.717) is 18.7 Å². The summed E-state index contributed by atoms with van der Waals surface area (Å²) in [6.07, 6.45) is -0.587. The molecule has 2 amide bonds. The van der Waals surface area contributed by atoms with Gasteiger partial charge in [-0.2, -0.15) is 0 Å². The number of ether oxygens (including phenoxy) is 1. The predicted molar refractivity (Wildman–Crippen MR) is 70.9 cm³/mol. The van der Waals surface area contributed by atoms with Gasteiger partial charge in [0.25, 0.3) is 5.91 Å². The van der Waals surface area contributed by atoms with E-state index in [0.717, 1.165) is 0 Å². The van der Waals surface area contributed by atoms with Crippen LogP contribution in [0.25, 0.3) is 0 Å². The van der Waals surface area contributed by atoms with Gasteiger partial charge in [-0.25, -0.2) is 4.79 Å². The van der Waals surface area contributed by atoms with Crippen molar-refractivity contribution in [1.29, 1.82) is 0 Å². The Kier molecular flexibility index (Phi) is 4.04. The fraction of sp³-hybridized carbons (Fsp3) is 0.429. The Labute approximate surface area is 112 Å². The third kappa shape index (κ3) is 3.24. The number of carbonyl (C=O) groups excluding carboxylic acids is 2. The van der Waals surface area contributed by atoms with Gasteiger partial charge in [-0.3, -0.25) is 4.79 Å². The van der Waals surface area contributed by atoms with Gasteiger partial charge >= 0.3 is 6.09 Å². The van der Waals surface area contributed by atoms with Crippen LogP contribution in [0.2, 0.25) is 0 Å². The second-order valence-corrected chi connectivity index (χ2v) is 4.83. The molecule has 0 aromatic heterocycles. The Bertz CT molecular complexity index is 459. The number of carbonyl (C=O) groups is 2. The van der Waals surface area contributed by atoms with Crippen molar-refractivity contribution >= 4 is 12.0 Å². The van der Waals surface area contributed by atoms with Gasteiger partial charge in [-0.1, -0.05) is 18.2 Å². The molecule has 1 aliphatic heterocycles. The summed E-state index contributed by atoms with van der Waals surface area (Å²) >= 11 is 0. The van der Waals surface area contributed by atoms with Crippen LogP contribution < -0.4 is 5.32 Å². The van der Waals surface area contributed by atoms with Crippen molar-refractivity contribution in [2.75, 3.05) is 13.1 Å². The molecule has 0 radical (unpaired) electrons. The van der Waals surface area contributed by atoms with Crippen molar-refractivity contribution < 1.29 is 14.3 Å². The van der Waals surface area contributed by atoms with Crippen molar-refractivity contribution in [3.8, 4) is 0 Å². The van der Waals surface area contributed by atoms with Gasteiger partial charge in [0.2, 0.25) is 0 Å². The zero-order valence-electron chi connectivity index (χ0n) is 11.1. The van der Waals surface area contributed by atoms with Crippen LogP contribution in [-0.4, -0.2) is 42.1 Å². The molecule has 1 N–H and O–H groups in total. The van der Waals surface area contributed by atoms with Gasteiger partial charge in [-0.15, -0.1) is 0 Å². The van der Waals surface area contributed by atoms with E-state index in [1.165, 1.54) is 0 Å². The topological polar surface area (TPSA) is 58.6 Å². The van der Waals surface area contributed by atoms with Crippen LogP contribution in [0.1, 0.15) is 24.2 Å². The highest BCUT2D eigenvalue weighted by Gasteiger charge is 2.32. The standard InChI is InChI=1S/C14H18N2O3/c1-10(2)16-9-12(19-14(16)18)8-15-13(17)11-6-4-3-5-7-11/h3-7,10,12H,8-9H2,1-2H3,(H,15,17). The Morgan fingerprint density at radius 3 is 2.68 bits per heavy atom. The summed E-state index contributed by atoms with van der Waals surface area (Å²) in [5.74, 6) is -0.153. The molecule has 5 nitrogen and oxygen atoms in total. The quantitative estimate of drug-likeness (QED) is 0.897. The summed E-state index contributed by atoms with van der Waals surface area (Å²) in [5, 5.41) is 2.78. The lowest BCUT2D eigenvalue weighted by atomic mass is 10.2. The molecule has 0 bridgehead atoms. The Hall–Kier alpha value is -2.04. The molecule has 19 heavy (non-hydrogen) atoms. The molecular weight excluding hydrogens is 244 g/mol. The largest absolute Gasteiger partial charge is 0.442 e. The highest BCUT2D eigenvalue weighted by Crippen LogP contribution is 2.13. The van der Waals surface area contributed by atoms with Gasteiger partial charge in [0, 0.05) is 11.6 Å². The summed E-state index contributed by atoms with van der Waals surface area (Å²) in [7, 11) is 0. The van der Waals surface area contributed by atoms with Crippen LogP contribution in [0.5, 0.6) is 0 Å². The SMILES string of the molecule is CC(C)N1CC(CNC(=O)c2ccccc2)OC1=O. The minimum atomic E-state index is -0.311. The lowest BCUT2D eigenvalue weighted by Crippen LogP contribution is -2.36. The zero-order valence-corrected chi connectivity index (χ0v) is 11.1. The molecule has 1 aromatic rings. The lowest BCUT2D eigenvalue weighted by Gasteiger charge is -2.16. The first-order valence-corrected chi connectivity index (χ1v) is 6.38. The van der Waals surface area contributed by atoms with Crippen LogP contribution in [0.4, 0.5) is 4.79 Å². The number of nitrogens with zero attached hydrogens (tertiary/aromatic N) is 1. The summed E-state index contributed by atoms with van der Waals surface area (Å²) in [6.45, 7) is 4.73. The maximum Gasteiger partial charge on any atom is 0.410 e. The van der Waals surface area contributed by atoms with E-state index in [1.807, 2.05) is 32.0 Å². The summed E-state index contributed by atoms with van der Waals surface area (Å²) in [5.41, 5.74) is 0.604. The highest BCUT2D eigenvalue weighted by molar-refractivity contribution is 5.94. The molecule has 1 unspecified atom stereocenters. The molecule has 0 saturated carbocycles. The maximum absolute atomic E-state index is 11.8. The summed E-state index contributed by atoms with van der Waals surface area (Å²) < 4.78 is 5.19. The number of benzene rings is 1. The first kappa shape index (κ1) is 13.4. The van der Waals surface area contributed by atoms with Crippen molar-refractivity contribution in [2.45, 2.75) is 26.0 Å². The number of amides is 2. The van der Waals surface area contributed by atoms with Crippen molar-refractivity contribution in [3.63, 3.8) is 0 Å². The third-order valence-electron chi connectivity index (χ3n) is 3.05. The van der Waals surface area contributed by atoms with Crippen molar-refractivity contribution in [1.82, 2.24) is 10.2 Å². The first-order valence-electron chi connectivity index (χ1n) is 6.38. The van der Waals surface area contributed by atoms with E-state index in [9.17, 15) is 9.59 Å².